The summed E-state index contributed by atoms with van der Waals surface area (Å²) in [4.78, 5) is 17.0. The summed E-state index contributed by atoms with van der Waals surface area (Å²) in [5.41, 5.74) is 7.04. The Morgan fingerprint density at radius 1 is 1.38 bits per heavy atom. The van der Waals surface area contributed by atoms with Crippen molar-refractivity contribution in [2.45, 2.75) is 44.8 Å². The maximum atomic E-state index is 12.5. The molecular formula is C20H30N6O3. The fourth-order valence-electron chi connectivity index (χ4n) is 3.49. The molecule has 0 bridgehead atoms. The molecule has 3 rings (SSSR count). The molecule has 1 aliphatic rings. The van der Waals surface area contributed by atoms with Crippen LogP contribution in [0.1, 0.15) is 43.0 Å². The number of piperidine rings is 1. The Hall–Kier alpha value is -2.65. The number of rotatable bonds is 8. The molecule has 1 amide bonds. The summed E-state index contributed by atoms with van der Waals surface area (Å²) in [6, 6.07) is 5.52. The van der Waals surface area contributed by atoms with Crippen molar-refractivity contribution in [2.75, 3.05) is 27.3 Å². The van der Waals surface area contributed by atoms with Crippen molar-refractivity contribution in [3.8, 4) is 11.5 Å². The topological polar surface area (TPSA) is 116 Å². The Morgan fingerprint density at radius 3 is 2.83 bits per heavy atom. The summed E-state index contributed by atoms with van der Waals surface area (Å²) in [7, 11) is 3.20. The minimum Gasteiger partial charge on any atom is -0.493 e. The third-order valence-corrected chi connectivity index (χ3v) is 4.92. The highest BCUT2D eigenvalue weighted by Crippen LogP contribution is 2.28. The van der Waals surface area contributed by atoms with Crippen LogP contribution < -0.4 is 25.8 Å². The van der Waals surface area contributed by atoms with Crippen molar-refractivity contribution in [2.24, 2.45) is 5.73 Å². The molecule has 0 saturated carbocycles. The third kappa shape index (κ3) is 5.45. The Balaban J connectivity index is 1.71. The molecule has 1 saturated heterocycles. The van der Waals surface area contributed by atoms with Gasteiger partial charge in [-0.1, -0.05) is 6.07 Å². The lowest BCUT2D eigenvalue weighted by molar-refractivity contribution is -0.122. The van der Waals surface area contributed by atoms with Gasteiger partial charge < -0.3 is 25.8 Å². The van der Waals surface area contributed by atoms with Crippen LogP contribution in [-0.4, -0.2) is 54.0 Å². The second-order valence-electron chi connectivity index (χ2n) is 7.31. The summed E-state index contributed by atoms with van der Waals surface area (Å²) < 4.78 is 12.2. The van der Waals surface area contributed by atoms with Gasteiger partial charge in [0, 0.05) is 19.0 Å². The summed E-state index contributed by atoms with van der Waals surface area (Å²) >= 11 is 0. The molecule has 1 aliphatic heterocycles. The molecule has 4 N–H and O–H groups in total. The zero-order valence-corrected chi connectivity index (χ0v) is 17.3. The van der Waals surface area contributed by atoms with Crippen molar-refractivity contribution >= 4 is 5.91 Å². The number of hydrogen-bond acceptors (Lipinski definition) is 7. The Morgan fingerprint density at radius 2 is 2.17 bits per heavy atom. The van der Waals surface area contributed by atoms with Crippen molar-refractivity contribution in [1.82, 2.24) is 25.4 Å². The van der Waals surface area contributed by atoms with Crippen LogP contribution in [0.15, 0.2) is 18.2 Å². The second-order valence-corrected chi connectivity index (χ2v) is 7.31. The maximum Gasteiger partial charge on any atom is 0.242 e. The highest BCUT2D eigenvalue weighted by molar-refractivity contribution is 5.76. The molecule has 1 aromatic carbocycles. The van der Waals surface area contributed by atoms with E-state index >= 15 is 0 Å². The number of aromatic nitrogens is 3. The summed E-state index contributed by atoms with van der Waals surface area (Å²) in [5, 5.41) is 10.9. The van der Waals surface area contributed by atoms with Crippen LogP contribution in [0.2, 0.25) is 0 Å². The van der Waals surface area contributed by atoms with E-state index in [1.54, 1.807) is 18.9 Å². The first kappa shape index (κ1) is 21.1. The highest BCUT2D eigenvalue weighted by Gasteiger charge is 2.19. The van der Waals surface area contributed by atoms with E-state index in [1.807, 2.05) is 25.1 Å². The number of amides is 1. The standard InChI is InChI=1S/C20H30N6O3/c1-13(21)20-24-18(10-14-6-7-16(28-2)17(9-14)29-3)25-26(20)12-19(27)23-15-5-4-8-22-11-15/h6-7,9,13,15,22H,4-5,8,10-12,21H2,1-3H3,(H,23,27)/t13-,15+/m1/s1. The zero-order valence-electron chi connectivity index (χ0n) is 17.3. The van der Waals surface area contributed by atoms with Crippen LogP contribution in [0, 0.1) is 0 Å². The molecule has 9 nitrogen and oxygen atoms in total. The summed E-state index contributed by atoms with van der Waals surface area (Å²) in [6.45, 7) is 3.74. The summed E-state index contributed by atoms with van der Waals surface area (Å²) in [5.74, 6) is 2.44. The molecule has 2 heterocycles. The van der Waals surface area contributed by atoms with E-state index in [1.165, 1.54) is 0 Å². The van der Waals surface area contributed by atoms with Gasteiger partial charge in [0.05, 0.1) is 20.3 Å². The zero-order chi connectivity index (χ0) is 20.8. The minimum absolute atomic E-state index is 0.0804. The molecule has 1 aromatic heterocycles. The Kier molecular flexibility index (Phi) is 7.05. The maximum absolute atomic E-state index is 12.5. The molecule has 9 heteroatoms. The molecule has 1 fully saturated rings. The minimum atomic E-state index is -0.328. The van der Waals surface area contributed by atoms with Gasteiger partial charge in [0.25, 0.3) is 0 Å². The van der Waals surface area contributed by atoms with Gasteiger partial charge in [-0.25, -0.2) is 9.67 Å². The van der Waals surface area contributed by atoms with Crippen molar-refractivity contribution < 1.29 is 14.3 Å². The van der Waals surface area contributed by atoms with Gasteiger partial charge in [-0.15, -0.1) is 0 Å². The molecule has 2 aromatic rings. The number of nitrogens with two attached hydrogens (primary N) is 1. The number of ether oxygens (including phenoxy) is 2. The van der Waals surface area contributed by atoms with Gasteiger partial charge in [0.2, 0.25) is 5.91 Å². The number of nitrogens with one attached hydrogen (secondary N) is 2. The fourth-order valence-corrected chi connectivity index (χ4v) is 3.49. The number of benzene rings is 1. The molecule has 0 spiro atoms. The first-order valence-corrected chi connectivity index (χ1v) is 9.90. The van der Waals surface area contributed by atoms with E-state index in [4.69, 9.17) is 15.2 Å². The van der Waals surface area contributed by atoms with Crippen LogP contribution in [0.4, 0.5) is 0 Å². The van der Waals surface area contributed by atoms with Crippen LogP contribution in [-0.2, 0) is 17.8 Å². The number of nitrogens with zero attached hydrogens (tertiary/aromatic N) is 3. The van der Waals surface area contributed by atoms with Gasteiger partial charge in [-0.05, 0) is 44.0 Å². The van der Waals surface area contributed by atoms with E-state index in [0.717, 1.165) is 31.5 Å². The normalized spacial score (nSPS) is 17.6. The molecule has 0 radical (unpaired) electrons. The lowest BCUT2D eigenvalue weighted by Gasteiger charge is -2.23. The molecule has 0 unspecified atom stereocenters. The number of carbonyl (C=O) groups is 1. The van der Waals surface area contributed by atoms with Gasteiger partial charge in [-0.2, -0.15) is 5.10 Å². The van der Waals surface area contributed by atoms with Crippen molar-refractivity contribution in [3.63, 3.8) is 0 Å². The molecule has 0 aliphatic carbocycles. The number of hydrogen-bond donors (Lipinski definition) is 3. The first-order valence-electron chi connectivity index (χ1n) is 9.90. The lowest BCUT2D eigenvalue weighted by Crippen LogP contribution is -2.46. The number of methoxy groups -OCH3 is 2. The Bertz CT molecular complexity index is 830. The smallest absolute Gasteiger partial charge is 0.242 e. The van der Waals surface area contributed by atoms with E-state index in [-0.39, 0.29) is 24.5 Å². The average molecular weight is 402 g/mol. The van der Waals surface area contributed by atoms with E-state index in [9.17, 15) is 4.79 Å². The highest BCUT2D eigenvalue weighted by atomic mass is 16.5. The predicted molar refractivity (Wildman–Crippen MR) is 109 cm³/mol. The fraction of sp³-hybridized carbons (Fsp3) is 0.550. The van der Waals surface area contributed by atoms with E-state index in [2.05, 4.69) is 20.7 Å². The van der Waals surface area contributed by atoms with Gasteiger partial charge in [-0.3, -0.25) is 4.79 Å². The average Bonchev–Trinajstić information content (AvgIpc) is 3.10. The third-order valence-electron chi connectivity index (χ3n) is 4.92. The number of carbonyl (C=O) groups excluding carboxylic acids is 1. The van der Waals surface area contributed by atoms with Gasteiger partial charge in [0.15, 0.2) is 17.3 Å². The largest absolute Gasteiger partial charge is 0.493 e. The second kappa shape index (κ2) is 9.71. The molecular weight excluding hydrogens is 372 g/mol. The van der Waals surface area contributed by atoms with Crippen molar-refractivity contribution in [3.05, 3.63) is 35.4 Å². The van der Waals surface area contributed by atoms with Crippen LogP contribution >= 0.6 is 0 Å². The molecule has 29 heavy (non-hydrogen) atoms. The van der Waals surface area contributed by atoms with Crippen LogP contribution in [0.3, 0.4) is 0 Å². The van der Waals surface area contributed by atoms with Crippen molar-refractivity contribution in [1.29, 1.82) is 0 Å². The van der Waals surface area contributed by atoms with Gasteiger partial charge in [0.1, 0.15) is 12.4 Å². The summed E-state index contributed by atoms with van der Waals surface area (Å²) in [6.07, 6.45) is 2.55. The quantitative estimate of drug-likeness (QED) is 0.597. The Labute approximate surface area is 171 Å². The molecule has 2 atom stereocenters. The monoisotopic (exact) mass is 402 g/mol. The first-order chi connectivity index (χ1) is 14.0. The SMILES string of the molecule is COc1ccc(Cc2nc([C@@H](C)N)n(CC(=O)N[C@H]3CCCNC3)n2)cc1OC. The predicted octanol–water partition coefficient (Wildman–Crippen LogP) is 0.774. The molecule has 158 valence electrons. The van der Waals surface area contributed by atoms with Gasteiger partial charge >= 0.3 is 0 Å². The van der Waals surface area contributed by atoms with E-state index < -0.39 is 0 Å². The van der Waals surface area contributed by atoms with E-state index in [0.29, 0.717) is 29.6 Å². The van der Waals surface area contributed by atoms with Crippen LogP contribution in [0.5, 0.6) is 11.5 Å². The lowest BCUT2D eigenvalue weighted by atomic mass is 10.1. The van der Waals surface area contributed by atoms with Crippen LogP contribution in [0.25, 0.3) is 0 Å².